The summed E-state index contributed by atoms with van der Waals surface area (Å²) in [6.45, 7) is 4.07. The highest BCUT2D eigenvalue weighted by atomic mass is 16.4. The molecule has 2 aromatic rings. The van der Waals surface area contributed by atoms with Gasteiger partial charge in [-0.3, -0.25) is 9.48 Å². The molecule has 3 heterocycles. The predicted molar refractivity (Wildman–Crippen MR) is 91.6 cm³/mol. The number of carbonyl (C=O) groups excluding carboxylic acids is 1. The van der Waals surface area contributed by atoms with Crippen molar-refractivity contribution in [1.29, 1.82) is 0 Å². The van der Waals surface area contributed by atoms with Crippen LogP contribution in [-0.2, 0) is 25.9 Å². The van der Waals surface area contributed by atoms with Crippen LogP contribution in [0.1, 0.15) is 50.9 Å². The molecule has 25 heavy (non-hydrogen) atoms. The Balaban J connectivity index is 1.60. The van der Waals surface area contributed by atoms with Crippen molar-refractivity contribution in [3.8, 4) is 0 Å². The second-order valence-electron chi connectivity index (χ2n) is 7.05. The van der Waals surface area contributed by atoms with Gasteiger partial charge in [0.1, 0.15) is 0 Å². The van der Waals surface area contributed by atoms with E-state index in [4.69, 9.17) is 0 Å². The van der Waals surface area contributed by atoms with Crippen molar-refractivity contribution in [1.82, 2.24) is 14.7 Å². The van der Waals surface area contributed by atoms with Crippen LogP contribution in [-0.4, -0.2) is 38.2 Å². The number of benzene rings is 1. The first-order chi connectivity index (χ1) is 12.0. The number of rotatable bonds is 2. The number of carboxylic acids is 1. The molecule has 1 aromatic heterocycles. The molecule has 0 bridgehead atoms. The summed E-state index contributed by atoms with van der Waals surface area (Å²) in [6, 6.07) is 5.30. The Morgan fingerprint density at radius 1 is 1.24 bits per heavy atom. The molecule has 130 valence electrons. The molecule has 0 aliphatic carbocycles. The Kier molecular flexibility index (Phi) is 3.82. The molecule has 2 aliphatic heterocycles. The van der Waals surface area contributed by atoms with Crippen LogP contribution in [0.3, 0.4) is 0 Å². The molecule has 1 aromatic carbocycles. The number of nitrogens with zero attached hydrogens (tertiary/aromatic N) is 3. The number of carbonyl (C=O) groups is 2. The number of amides is 1. The van der Waals surface area contributed by atoms with Gasteiger partial charge in [0.2, 0.25) is 0 Å². The molecule has 0 radical (unpaired) electrons. The molecule has 0 saturated heterocycles. The van der Waals surface area contributed by atoms with E-state index >= 15 is 0 Å². The summed E-state index contributed by atoms with van der Waals surface area (Å²) in [5.74, 6) is -0.339. The summed E-state index contributed by atoms with van der Waals surface area (Å²) in [5.41, 5.74) is 3.86. The van der Waals surface area contributed by atoms with E-state index < -0.39 is 5.97 Å². The lowest BCUT2D eigenvalue weighted by Crippen LogP contribution is -2.37. The molecule has 0 spiro atoms. The molecule has 4 rings (SSSR count). The van der Waals surface area contributed by atoms with Crippen LogP contribution >= 0.6 is 0 Å². The van der Waals surface area contributed by atoms with E-state index in [2.05, 4.69) is 12.0 Å². The van der Waals surface area contributed by atoms with E-state index in [1.54, 1.807) is 18.3 Å². The van der Waals surface area contributed by atoms with Crippen LogP contribution in [0.15, 0.2) is 24.4 Å². The maximum atomic E-state index is 13.0. The zero-order valence-corrected chi connectivity index (χ0v) is 14.2. The number of aromatic carboxylic acids is 1. The number of fused-ring (bicyclic) bond motifs is 2. The molecule has 1 N–H and O–H groups in total. The van der Waals surface area contributed by atoms with Gasteiger partial charge >= 0.3 is 5.97 Å². The molecular weight excluding hydrogens is 318 g/mol. The predicted octanol–water partition coefficient (Wildman–Crippen LogP) is 2.36. The lowest BCUT2D eigenvalue weighted by molar-refractivity contribution is 0.0694. The quantitative estimate of drug-likeness (QED) is 0.911. The summed E-state index contributed by atoms with van der Waals surface area (Å²) in [5, 5.41) is 13.7. The van der Waals surface area contributed by atoms with Gasteiger partial charge in [-0.1, -0.05) is 19.1 Å². The molecule has 1 unspecified atom stereocenters. The highest BCUT2D eigenvalue weighted by Crippen LogP contribution is 2.27. The Bertz CT molecular complexity index is 856. The third kappa shape index (κ3) is 2.71. The van der Waals surface area contributed by atoms with Crippen LogP contribution in [0.4, 0.5) is 0 Å². The van der Waals surface area contributed by atoms with E-state index in [1.165, 1.54) is 0 Å². The van der Waals surface area contributed by atoms with E-state index in [1.807, 2.05) is 15.6 Å². The fourth-order valence-corrected chi connectivity index (χ4v) is 3.93. The number of aryl methyl sites for hydroxylation is 1. The van der Waals surface area contributed by atoms with Crippen molar-refractivity contribution in [2.75, 3.05) is 6.54 Å². The minimum Gasteiger partial charge on any atom is -0.478 e. The third-order valence-corrected chi connectivity index (χ3v) is 5.34. The minimum atomic E-state index is -0.906. The lowest BCUT2D eigenvalue weighted by atomic mass is 9.93. The monoisotopic (exact) mass is 339 g/mol. The zero-order chi connectivity index (χ0) is 17.6. The largest absolute Gasteiger partial charge is 0.478 e. The Morgan fingerprint density at radius 3 is 2.88 bits per heavy atom. The third-order valence-electron chi connectivity index (χ3n) is 5.34. The summed E-state index contributed by atoms with van der Waals surface area (Å²) >= 11 is 0. The molecular formula is C19H21N3O3. The molecule has 1 amide bonds. The molecule has 1 atom stereocenters. The van der Waals surface area contributed by atoms with Gasteiger partial charge in [-0.15, -0.1) is 0 Å². The highest BCUT2D eigenvalue weighted by molar-refractivity contribution is 5.95. The van der Waals surface area contributed by atoms with E-state index in [0.29, 0.717) is 36.6 Å². The van der Waals surface area contributed by atoms with Gasteiger partial charge in [0.15, 0.2) is 0 Å². The highest BCUT2D eigenvalue weighted by Gasteiger charge is 2.29. The normalized spacial score (nSPS) is 19.2. The molecule has 2 aliphatic rings. The SMILES string of the molecule is CC1CCn2ncc(C(=O)N3CCc4c(cccc4C(=O)O)C3)c2C1. The fourth-order valence-electron chi connectivity index (χ4n) is 3.93. The first kappa shape index (κ1) is 15.9. The average molecular weight is 339 g/mol. The van der Waals surface area contributed by atoms with Gasteiger partial charge in [-0.25, -0.2) is 4.79 Å². The topological polar surface area (TPSA) is 75.4 Å². The van der Waals surface area contributed by atoms with Crippen LogP contribution in [0, 0.1) is 5.92 Å². The number of carboxylic acid groups (broad SMARTS) is 1. The summed E-state index contributed by atoms with van der Waals surface area (Å²) in [7, 11) is 0. The van der Waals surface area contributed by atoms with Gasteiger partial charge in [0.25, 0.3) is 5.91 Å². The molecule has 6 heteroatoms. The fraction of sp³-hybridized carbons (Fsp3) is 0.421. The number of hydrogen-bond acceptors (Lipinski definition) is 3. The first-order valence-electron chi connectivity index (χ1n) is 8.72. The van der Waals surface area contributed by atoms with Crippen molar-refractivity contribution in [2.24, 2.45) is 5.92 Å². The lowest BCUT2D eigenvalue weighted by Gasteiger charge is -2.30. The maximum absolute atomic E-state index is 13.0. The van der Waals surface area contributed by atoms with Gasteiger partial charge in [-0.2, -0.15) is 5.10 Å². The smallest absolute Gasteiger partial charge is 0.335 e. The number of aromatic nitrogens is 2. The van der Waals surface area contributed by atoms with Gasteiger partial charge in [0, 0.05) is 19.6 Å². The molecule has 0 saturated carbocycles. The van der Waals surface area contributed by atoms with Crippen LogP contribution < -0.4 is 0 Å². The van der Waals surface area contributed by atoms with Crippen molar-refractivity contribution < 1.29 is 14.7 Å². The van der Waals surface area contributed by atoms with Crippen molar-refractivity contribution in [2.45, 2.75) is 39.3 Å². The second kappa shape index (κ2) is 6.02. The minimum absolute atomic E-state index is 0.00160. The molecule has 6 nitrogen and oxygen atoms in total. The Morgan fingerprint density at radius 2 is 2.08 bits per heavy atom. The van der Waals surface area contributed by atoms with E-state index in [0.717, 1.165) is 36.2 Å². The summed E-state index contributed by atoms with van der Waals surface area (Å²) in [4.78, 5) is 26.2. The van der Waals surface area contributed by atoms with E-state index in [9.17, 15) is 14.7 Å². The van der Waals surface area contributed by atoms with Gasteiger partial charge < -0.3 is 10.0 Å². The Labute approximate surface area is 146 Å². The Hall–Kier alpha value is -2.63. The molecule has 0 fully saturated rings. The zero-order valence-electron chi connectivity index (χ0n) is 14.2. The van der Waals surface area contributed by atoms with Gasteiger partial charge in [0.05, 0.1) is 23.0 Å². The van der Waals surface area contributed by atoms with Crippen molar-refractivity contribution in [3.63, 3.8) is 0 Å². The van der Waals surface area contributed by atoms with Crippen molar-refractivity contribution in [3.05, 3.63) is 52.3 Å². The maximum Gasteiger partial charge on any atom is 0.335 e. The second-order valence-corrected chi connectivity index (χ2v) is 7.05. The van der Waals surface area contributed by atoms with Gasteiger partial charge in [-0.05, 0) is 42.4 Å². The van der Waals surface area contributed by atoms with Crippen LogP contribution in [0.25, 0.3) is 0 Å². The van der Waals surface area contributed by atoms with Crippen LogP contribution in [0.2, 0.25) is 0 Å². The van der Waals surface area contributed by atoms with Crippen molar-refractivity contribution >= 4 is 11.9 Å². The standard InChI is InChI=1S/C19H21N3O3/c1-12-5-8-22-17(9-12)16(10-20-22)18(23)21-7-6-14-13(11-21)3-2-4-15(14)19(24)25/h2-4,10,12H,5-9,11H2,1H3,(H,24,25). The average Bonchev–Trinajstić information content (AvgIpc) is 3.02. The van der Waals surface area contributed by atoms with E-state index in [-0.39, 0.29) is 5.91 Å². The summed E-state index contributed by atoms with van der Waals surface area (Å²) < 4.78 is 1.95. The number of hydrogen-bond donors (Lipinski definition) is 1. The first-order valence-corrected chi connectivity index (χ1v) is 8.72. The summed E-state index contributed by atoms with van der Waals surface area (Å²) in [6.07, 6.45) is 4.24. The van der Waals surface area contributed by atoms with Crippen LogP contribution in [0.5, 0.6) is 0 Å².